The first kappa shape index (κ1) is 13.0. The van der Waals surface area contributed by atoms with Gasteiger partial charge in [0.1, 0.15) is 0 Å². The monoisotopic (exact) mass is 257 g/mol. The Morgan fingerprint density at radius 2 is 2.00 bits per heavy atom. The van der Waals surface area contributed by atoms with Crippen molar-refractivity contribution in [1.82, 2.24) is 15.0 Å². The number of nitrogens with zero attached hydrogens (tertiary/aromatic N) is 3. The third kappa shape index (κ3) is 2.88. The third-order valence-corrected chi connectivity index (χ3v) is 2.79. The van der Waals surface area contributed by atoms with Gasteiger partial charge in [-0.25, -0.2) is 9.48 Å². The molecular formula is C14H15N3O2. The second-order valence-corrected chi connectivity index (χ2v) is 4.19. The van der Waals surface area contributed by atoms with Gasteiger partial charge in [0, 0.05) is 6.54 Å². The van der Waals surface area contributed by atoms with E-state index in [0.29, 0.717) is 12.2 Å². The van der Waals surface area contributed by atoms with E-state index in [4.69, 9.17) is 5.11 Å². The van der Waals surface area contributed by atoms with Crippen molar-refractivity contribution in [3.05, 3.63) is 46.8 Å². The Morgan fingerprint density at radius 3 is 2.58 bits per heavy atom. The zero-order valence-electron chi connectivity index (χ0n) is 10.9. The van der Waals surface area contributed by atoms with E-state index >= 15 is 0 Å². The highest BCUT2D eigenvalue weighted by Gasteiger charge is 2.15. The molecular weight excluding hydrogens is 242 g/mol. The van der Waals surface area contributed by atoms with Gasteiger partial charge in [0.2, 0.25) is 0 Å². The quantitative estimate of drug-likeness (QED) is 0.913. The molecule has 0 bridgehead atoms. The number of carboxylic acids is 1. The van der Waals surface area contributed by atoms with Crippen molar-refractivity contribution >= 4 is 18.1 Å². The molecule has 0 atom stereocenters. The minimum Gasteiger partial charge on any atom is -0.476 e. The van der Waals surface area contributed by atoms with Gasteiger partial charge in [-0.1, -0.05) is 41.1 Å². The van der Waals surface area contributed by atoms with Gasteiger partial charge in [0.25, 0.3) is 0 Å². The van der Waals surface area contributed by atoms with Gasteiger partial charge in [-0.2, -0.15) is 0 Å². The zero-order chi connectivity index (χ0) is 13.8. The van der Waals surface area contributed by atoms with Crippen molar-refractivity contribution < 1.29 is 9.90 Å². The van der Waals surface area contributed by atoms with Crippen LogP contribution in [-0.4, -0.2) is 26.1 Å². The molecule has 0 radical (unpaired) electrons. The molecule has 2 rings (SSSR count). The lowest BCUT2D eigenvalue weighted by molar-refractivity contribution is 0.0690. The molecule has 0 saturated carbocycles. The molecule has 0 aliphatic carbocycles. The number of benzene rings is 1. The summed E-state index contributed by atoms with van der Waals surface area (Å²) in [7, 11) is 0. The van der Waals surface area contributed by atoms with Gasteiger partial charge < -0.3 is 5.11 Å². The molecule has 2 aromatic rings. The minimum absolute atomic E-state index is 0.0230. The number of aryl methyl sites for hydroxylation is 2. The van der Waals surface area contributed by atoms with Gasteiger partial charge in [0.05, 0.1) is 5.69 Å². The fourth-order valence-corrected chi connectivity index (χ4v) is 1.72. The SMILES string of the molecule is CCn1nnc(C(=O)O)c1/C=C/c1ccc(C)cc1. The molecule has 5 heteroatoms. The van der Waals surface area contributed by atoms with Crippen LogP contribution in [0.1, 0.15) is 34.2 Å². The number of hydrogen-bond donors (Lipinski definition) is 1. The van der Waals surface area contributed by atoms with Crippen LogP contribution in [-0.2, 0) is 6.54 Å². The number of carbonyl (C=O) groups is 1. The highest BCUT2D eigenvalue weighted by atomic mass is 16.4. The first-order chi connectivity index (χ1) is 9.11. The van der Waals surface area contributed by atoms with Crippen LogP contribution in [0.5, 0.6) is 0 Å². The molecule has 0 aliphatic rings. The van der Waals surface area contributed by atoms with E-state index in [-0.39, 0.29) is 5.69 Å². The third-order valence-electron chi connectivity index (χ3n) is 2.79. The van der Waals surface area contributed by atoms with Crippen LogP contribution in [0.3, 0.4) is 0 Å². The van der Waals surface area contributed by atoms with E-state index in [1.807, 2.05) is 44.2 Å². The van der Waals surface area contributed by atoms with Crippen LogP contribution in [0.4, 0.5) is 0 Å². The minimum atomic E-state index is -1.07. The van der Waals surface area contributed by atoms with Crippen LogP contribution >= 0.6 is 0 Å². The van der Waals surface area contributed by atoms with Crippen molar-refractivity contribution in [2.24, 2.45) is 0 Å². The second-order valence-electron chi connectivity index (χ2n) is 4.19. The maximum atomic E-state index is 11.1. The summed E-state index contributed by atoms with van der Waals surface area (Å²) >= 11 is 0. The van der Waals surface area contributed by atoms with Crippen molar-refractivity contribution in [3.8, 4) is 0 Å². The van der Waals surface area contributed by atoms with E-state index in [0.717, 1.165) is 5.56 Å². The maximum Gasteiger partial charge on any atom is 0.358 e. The number of hydrogen-bond acceptors (Lipinski definition) is 3. The van der Waals surface area contributed by atoms with Crippen LogP contribution < -0.4 is 0 Å². The normalized spacial score (nSPS) is 11.1. The summed E-state index contributed by atoms with van der Waals surface area (Å²) in [5.41, 5.74) is 2.68. The lowest BCUT2D eigenvalue weighted by atomic mass is 10.1. The first-order valence-corrected chi connectivity index (χ1v) is 6.03. The van der Waals surface area contributed by atoms with E-state index in [2.05, 4.69) is 10.3 Å². The highest BCUT2D eigenvalue weighted by molar-refractivity contribution is 5.90. The van der Waals surface area contributed by atoms with E-state index < -0.39 is 5.97 Å². The lowest BCUT2D eigenvalue weighted by Gasteiger charge is -1.99. The number of aromatic nitrogens is 3. The Balaban J connectivity index is 2.34. The predicted octanol–water partition coefficient (Wildman–Crippen LogP) is 2.48. The molecule has 0 amide bonds. The van der Waals surface area contributed by atoms with Crippen molar-refractivity contribution in [2.45, 2.75) is 20.4 Å². The molecule has 19 heavy (non-hydrogen) atoms. The Bertz CT molecular complexity index is 612. The molecule has 1 aromatic carbocycles. The zero-order valence-corrected chi connectivity index (χ0v) is 10.9. The van der Waals surface area contributed by atoms with Crippen LogP contribution in [0.25, 0.3) is 12.2 Å². The molecule has 98 valence electrons. The summed E-state index contributed by atoms with van der Waals surface area (Å²) < 4.78 is 1.56. The Hall–Kier alpha value is -2.43. The molecule has 1 aromatic heterocycles. The van der Waals surface area contributed by atoms with Gasteiger partial charge in [-0.3, -0.25) is 0 Å². The fourth-order valence-electron chi connectivity index (χ4n) is 1.72. The van der Waals surface area contributed by atoms with Crippen molar-refractivity contribution in [2.75, 3.05) is 0 Å². The fraction of sp³-hybridized carbons (Fsp3) is 0.214. The molecule has 1 N–H and O–H groups in total. The summed E-state index contributed by atoms with van der Waals surface area (Å²) in [6, 6.07) is 7.97. The van der Waals surface area contributed by atoms with Crippen molar-refractivity contribution in [3.63, 3.8) is 0 Å². The number of rotatable bonds is 4. The molecule has 0 unspecified atom stereocenters. The van der Waals surface area contributed by atoms with Crippen LogP contribution in [0.2, 0.25) is 0 Å². The molecule has 0 aliphatic heterocycles. The summed E-state index contributed by atoms with van der Waals surface area (Å²) in [5.74, 6) is -1.07. The first-order valence-electron chi connectivity index (χ1n) is 6.03. The van der Waals surface area contributed by atoms with Gasteiger partial charge in [-0.15, -0.1) is 5.10 Å². The largest absolute Gasteiger partial charge is 0.476 e. The predicted molar refractivity (Wildman–Crippen MR) is 72.8 cm³/mol. The van der Waals surface area contributed by atoms with Crippen molar-refractivity contribution in [1.29, 1.82) is 0 Å². The summed E-state index contributed by atoms with van der Waals surface area (Å²) in [6.07, 6.45) is 3.59. The van der Waals surface area contributed by atoms with E-state index in [1.54, 1.807) is 10.8 Å². The summed E-state index contributed by atoms with van der Waals surface area (Å²) in [5, 5.41) is 16.6. The van der Waals surface area contributed by atoms with E-state index in [1.165, 1.54) is 5.56 Å². The number of aromatic carboxylic acids is 1. The lowest BCUT2D eigenvalue weighted by Crippen LogP contribution is -2.03. The summed E-state index contributed by atoms with van der Waals surface area (Å²) in [4.78, 5) is 11.1. The Morgan fingerprint density at radius 1 is 1.32 bits per heavy atom. The number of carboxylic acid groups (broad SMARTS) is 1. The van der Waals surface area contributed by atoms with Gasteiger partial charge >= 0.3 is 5.97 Å². The Kier molecular flexibility index (Phi) is 3.75. The van der Waals surface area contributed by atoms with Crippen LogP contribution in [0, 0.1) is 6.92 Å². The topological polar surface area (TPSA) is 68.0 Å². The average molecular weight is 257 g/mol. The Labute approximate surface area is 111 Å². The molecule has 0 saturated heterocycles. The summed E-state index contributed by atoms with van der Waals surface area (Å²) in [6.45, 7) is 4.49. The average Bonchev–Trinajstić information content (AvgIpc) is 2.81. The van der Waals surface area contributed by atoms with Gasteiger partial charge in [-0.05, 0) is 25.5 Å². The second kappa shape index (κ2) is 5.48. The maximum absolute atomic E-state index is 11.1. The van der Waals surface area contributed by atoms with E-state index in [9.17, 15) is 4.79 Å². The molecule has 0 spiro atoms. The highest BCUT2D eigenvalue weighted by Crippen LogP contribution is 2.12. The van der Waals surface area contributed by atoms with Gasteiger partial charge in [0.15, 0.2) is 5.69 Å². The molecule has 1 heterocycles. The molecule has 5 nitrogen and oxygen atoms in total. The smallest absolute Gasteiger partial charge is 0.358 e. The molecule has 0 fully saturated rings. The van der Waals surface area contributed by atoms with Crippen LogP contribution in [0.15, 0.2) is 24.3 Å². The standard InChI is InChI=1S/C14H15N3O2/c1-3-17-12(13(14(18)19)15-16-17)9-8-11-6-4-10(2)5-7-11/h4-9H,3H2,1-2H3,(H,18,19)/b9-8+.